The maximum absolute atomic E-state index is 9.74. The van der Waals surface area contributed by atoms with Gasteiger partial charge in [-0.15, -0.1) is 0 Å². The molecule has 2 aromatic rings. The summed E-state index contributed by atoms with van der Waals surface area (Å²) in [5.41, 5.74) is 7.46. The lowest BCUT2D eigenvalue weighted by molar-refractivity contribution is 0.397. The molecule has 16 heavy (non-hydrogen) atoms. The molecule has 0 spiro atoms. The summed E-state index contributed by atoms with van der Waals surface area (Å²) in [6.07, 6.45) is 0. The lowest BCUT2D eigenvalue weighted by Gasteiger charge is -2.03. The van der Waals surface area contributed by atoms with Gasteiger partial charge in [-0.1, -0.05) is 16.8 Å². The van der Waals surface area contributed by atoms with Crippen molar-refractivity contribution in [3.63, 3.8) is 0 Å². The van der Waals surface area contributed by atoms with Crippen LogP contribution in [-0.2, 0) is 6.54 Å². The predicted molar refractivity (Wildman–Crippen MR) is 61.2 cm³/mol. The van der Waals surface area contributed by atoms with Crippen molar-refractivity contribution >= 4 is 11.6 Å². The van der Waals surface area contributed by atoms with E-state index < -0.39 is 0 Å². The Morgan fingerprint density at radius 1 is 1.50 bits per heavy atom. The molecule has 2 rings (SSSR count). The number of aromatic hydroxyl groups is 1. The third-order valence-electron chi connectivity index (χ3n) is 2.40. The first-order valence-electron chi connectivity index (χ1n) is 4.77. The maximum Gasteiger partial charge on any atom is 0.138 e. The monoisotopic (exact) mass is 238 g/mol. The first kappa shape index (κ1) is 11.0. The van der Waals surface area contributed by atoms with Crippen LogP contribution in [0.15, 0.2) is 22.7 Å². The molecule has 0 aliphatic rings. The van der Waals surface area contributed by atoms with Gasteiger partial charge in [0.25, 0.3) is 0 Å². The summed E-state index contributed by atoms with van der Waals surface area (Å²) >= 11 is 5.87. The molecule has 1 aromatic heterocycles. The van der Waals surface area contributed by atoms with Gasteiger partial charge in [0.2, 0.25) is 0 Å². The zero-order valence-corrected chi connectivity index (χ0v) is 9.45. The van der Waals surface area contributed by atoms with E-state index >= 15 is 0 Å². The Bertz CT molecular complexity index is 523. The minimum atomic E-state index is 0.104. The standard InChI is InChI=1S/C11H11ClN2O2/c1-6-9(5-13)11(14-16-6)8-4-7(12)2-3-10(8)15/h2-4,15H,5,13H2,1H3. The topological polar surface area (TPSA) is 72.3 Å². The zero-order chi connectivity index (χ0) is 11.7. The first-order valence-corrected chi connectivity index (χ1v) is 5.15. The van der Waals surface area contributed by atoms with Crippen LogP contribution in [0, 0.1) is 6.92 Å². The molecule has 0 radical (unpaired) electrons. The van der Waals surface area contributed by atoms with Gasteiger partial charge in [0, 0.05) is 22.7 Å². The SMILES string of the molecule is Cc1onc(-c2cc(Cl)ccc2O)c1CN. The molecule has 1 aromatic carbocycles. The van der Waals surface area contributed by atoms with Crippen LogP contribution in [0.25, 0.3) is 11.3 Å². The number of nitrogens with zero attached hydrogens (tertiary/aromatic N) is 1. The average Bonchev–Trinajstić information content (AvgIpc) is 2.63. The molecular formula is C11H11ClN2O2. The Morgan fingerprint density at radius 2 is 2.25 bits per heavy atom. The normalized spacial score (nSPS) is 10.7. The Hall–Kier alpha value is -1.52. The number of phenols is 1. The Labute approximate surface area is 97.6 Å². The Morgan fingerprint density at radius 3 is 2.94 bits per heavy atom. The van der Waals surface area contributed by atoms with Crippen molar-refractivity contribution in [2.75, 3.05) is 0 Å². The summed E-state index contributed by atoms with van der Waals surface area (Å²) in [6, 6.07) is 4.75. The van der Waals surface area contributed by atoms with Crippen LogP contribution < -0.4 is 5.73 Å². The van der Waals surface area contributed by atoms with E-state index in [1.165, 1.54) is 6.07 Å². The van der Waals surface area contributed by atoms with E-state index in [4.69, 9.17) is 21.9 Å². The summed E-state index contributed by atoms with van der Waals surface area (Å²) < 4.78 is 5.05. The van der Waals surface area contributed by atoms with Crippen molar-refractivity contribution in [3.8, 4) is 17.0 Å². The van der Waals surface area contributed by atoms with Crippen LogP contribution in [0.4, 0.5) is 0 Å². The van der Waals surface area contributed by atoms with Crippen LogP contribution in [0.1, 0.15) is 11.3 Å². The van der Waals surface area contributed by atoms with Crippen molar-refractivity contribution in [1.29, 1.82) is 0 Å². The van der Waals surface area contributed by atoms with Crippen LogP contribution in [0.5, 0.6) is 5.75 Å². The number of hydrogen-bond donors (Lipinski definition) is 2. The fourth-order valence-corrected chi connectivity index (χ4v) is 1.71. The van der Waals surface area contributed by atoms with Gasteiger partial charge in [-0.2, -0.15) is 0 Å². The number of phenolic OH excluding ortho intramolecular Hbond substituents is 1. The minimum absolute atomic E-state index is 0.104. The maximum atomic E-state index is 9.74. The number of aromatic nitrogens is 1. The lowest BCUT2D eigenvalue weighted by atomic mass is 10.1. The van der Waals surface area contributed by atoms with E-state index in [0.29, 0.717) is 28.6 Å². The summed E-state index contributed by atoms with van der Waals surface area (Å²) in [5, 5.41) is 14.1. The van der Waals surface area contributed by atoms with Crippen LogP contribution in [0.2, 0.25) is 5.02 Å². The third-order valence-corrected chi connectivity index (χ3v) is 2.64. The van der Waals surface area contributed by atoms with Gasteiger partial charge in [-0.3, -0.25) is 0 Å². The Balaban J connectivity index is 2.62. The van der Waals surface area contributed by atoms with Gasteiger partial charge < -0.3 is 15.4 Å². The molecule has 3 N–H and O–H groups in total. The first-order chi connectivity index (χ1) is 7.63. The molecule has 0 unspecified atom stereocenters. The van der Waals surface area contributed by atoms with E-state index in [1.54, 1.807) is 19.1 Å². The summed E-state index contributed by atoms with van der Waals surface area (Å²) in [5.74, 6) is 0.754. The number of nitrogens with two attached hydrogens (primary N) is 1. The smallest absolute Gasteiger partial charge is 0.138 e. The van der Waals surface area contributed by atoms with Crippen molar-refractivity contribution in [2.45, 2.75) is 13.5 Å². The van der Waals surface area contributed by atoms with E-state index in [0.717, 1.165) is 5.56 Å². The molecule has 0 saturated heterocycles. The lowest BCUT2D eigenvalue weighted by Crippen LogP contribution is -1.98. The molecule has 0 amide bonds. The van der Waals surface area contributed by atoms with Gasteiger partial charge >= 0.3 is 0 Å². The van der Waals surface area contributed by atoms with Crippen LogP contribution in [-0.4, -0.2) is 10.3 Å². The summed E-state index contributed by atoms with van der Waals surface area (Å²) in [6.45, 7) is 2.08. The molecule has 1 heterocycles. The van der Waals surface area contributed by atoms with Crippen molar-refractivity contribution in [2.24, 2.45) is 5.73 Å². The van der Waals surface area contributed by atoms with E-state index in [9.17, 15) is 5.11 Å². The average molecular weight is 239 g/mol. The summed E-state index contributed by atoms with van der Waals surface area (Å²) in [7, 11) is 0. The Kier molecular flexibility index (Phi) is 2.85. The van der Waals surface area contributed by atoms with Crippen LogP contribution >= 0.6 is 11.6 Å². The second-order valence-electron chi connectivity index (χ2n) is 3.43. The molecule has 0 atom stereocenters. The molecule has 0 bridgehead atoms. The molecule has 0 fully saturated rings. The highest BCUT2D eigenvalue weighted by Crippen LogP contribution is 2.33. The predicted octanol–water partition coefficient (Wildman–Crippen LogP) is 2.47. The third kappa shape index (κ3) is 1.77. The number of benzene rings is 1. The number of hydrogen-bond acceptors (Lipinski definition) is 4. The fraction of sp³-hybridized carbons (Fsp3) is 0.182. The highest BCUT2D eigenvalue weighted by Gasteiger charge is 2.16. The molecule has 0 saturated carbocycles. The number of aryl methyl sites for hydroxylation is 1. The molecule has 0 aliphatic carbocycles. The van der Waals surface area contributed by atoms with Gasteiger partial charge in [-0.25, -0.2) is 0 Å². The van der Waals surface area contributed by atoms with E-state index in [1.807, 2.05) is 0 Å². The fourth-order valence-electron chi connectivity index (χ4n) is 1.54. The largest absolute Gasteiger partial charge is 0.507 e. The number of halogens is 1. The second-order valence-corrected chi connectivity index (χ2v) is 3.87. The minimum Gasteiger partial charge on any atom is -0.507 e. The van der Waals surface area contributed by atoms with Crippen LogP contribution in [0.3, 0.4) is 0 Å². The van der Waals surface area contributed by atoms with E-state index in [-0.39, 0.29) is 5.75 Å². The second kappa shape index (κ2) is 4.15. The molecule has 84 valence electrons. The molecule has 5 heteroatoms. The van der Waals surface area contributed by atoms with E-state index in [2.05, 4.69) is 5.16 Å². The molecule has 0 aliphatic heterocycles. The van der Waals surface area contributed by atoms with Gasteiger partial charge in [0.15, 0.2) is 0 Å². The molecular weight excluding hydrogens is 228 g/mol. The van der Waals surface area contributed by atoms with Gasteiger partial charge in [0.05, 0.1) is 0 Å². The highest BCUT2D eigenvalue weighted by atomic mass is 35.5. The van der Waals surface area contributed by atoms with Crippen molar-refractivity contribution in [1.82, 2.24) is 5.16 Å². The van der Waals surface area contributed by atoms with Crippen molar-refractivity contribution < 1.29 is 9.63 Å². The number of rotatable bonds is 2. The zero-order valence-electron chi connectivity index (χ0n) is 8.70. The molecule has 4 nitrogen and oxygen atoms in total. The van der Waals surface area contributed by atoms with Gasteiger partial charge in [0.1, 0.15) is 17.2 Å². The summed E-state index contributed by atoms with van der Waals surface area (Å²) in [4.78, 5) is 0. The van der Waals surface area contributed by atoms with Gasteiger partial charge in [-0.05, 0) is 25.1 Å². The quantitative estimate of drug-likeness (QED) is 0.843. The highest BCUT2D eigenvalue weighted by molar-refractivity contribution is 6.30. The van der Waals surface area contributed by atoms with Crippen molar-refractivity contribution in [3.05, 3.63) is 34.5 Å².